The first-order valence-corrected chi connectivity index (χ1v) is 2.29. The molecule has 9 heavy (non-hydrogen) atoms. The van der Waals surface area contributed by atoms with Crippen molar-refractivity contribution in [1.82, 2.24) is 0 Å². The molecular weight excluding hydrogens is 120 g/mol. The SMILES string of the molecule is C=CCOC.NC(N)=O. The van der Waals surface area contributed by atoms with Crippen molar-refractivity contribution in [2.45, 2.75) is 0 Å². The van der Waals surface area contributed by atoms with E-state index in [1.54, 1.807) is 13.2 Å². The van der Waals surface area contributed by atoms with E-state index < -0.39 is 6.03 Å². The topological polar surface area (TPSA) is 78.3 Å². The molecule has 0 aliphatic heterocycles. The summed E-state index contributed by atoms with van der Waals surface area (Å²) in [7, 11) is 1.64. The van der Waals surface area contributed by atoms with Crippen LogP contribution in [0.25, 0.3) is 0 Å². The van der Waals surface area contributed by atoms with E-state index in [1.165, 1.54) is 0 Å². The van der Waals surface area contributed by atoms with Crippen LogP contribution >= 0.6 is 0 Å². The minimum Gasteiger partial charge on any atom is -0.381 e. The van der Waals surface area contributed by atoms with Crippen LogP contribution in [0.15, 0.2) is 12.7 Å². The van der Waals surface area contributed by atoms with Crippen molar-refractivity contribution in [1.29, 1.82) is 0 Å². The van der Waals surface area contributed by atoms with Gasteiger partial charge in [-0.1, -0.05) is 6.08 Å². The van der Waals surface area contributed by atoms with Crippen LogP contribution in [0.1, 0.15) is 0 Å². The summed E-state index contributed by atoms with van der Waals surface area (Å²) >= 11 is 0. The van der Waals surface area contributed by atoms with Gasteiger partial charge in [0.1, 0.15) is 0 Å². The molecule has 0 aliphatic rings. The maximum Gasteiger partial charge on any atom is 0.309 e. The third-order valence-corrected chi connectivity index (χ3v) is 0.285. The van der Waals surface area contributed by atoms with Crippen LogP contribution in [0, 0.1) is 0 Å². The maximum atomic E-state index is 9.00. The van der Waals surface area contributed by atoms with Gasteiger partial charge in [0, 0.05) is 7.11 Å². The highest BCUT2D eigenvalue weighted by Crippen LogP contribution is 1.60. The molecule has 0 aromatic rings. The highest BCUT2D eigenvalue weighted by Gasteiger charge is 1.60. The highest BCUT2D eigenvalue weighted by molar-refractivity contribution is 5.69. The first-order valence-electron chi connectivity index (χ1n) is 2.29. The van der Waals surface area contributed by atoms with Gasteiger partial charge < -0.3 is 16.2 Å². The molecule has 0 atom stereocenters. The Morgan fingerprint density at radius 3 is 2.11 bits per heavy atom. The van der Waals surface area contributed by atoms with Gasteiger partial charge in [0.2, 0.25) is 0 Å². The average Bonchev–Trinajstić information content (AvgIpc) is 1.66. The number of amides is 2. The summed E-state index contributed by atoms with van der Waals surface area (Å²) in [6.07, 6.45) is 1.71. The number of urea groups is 1. The number of primary amides is 2. The van der Waals surface area contributed by atoms with Gasteiger partial charge in [0.05, 0.1) is 6.61 Å². The second kappa shape index (κ2) is 10.1. The number of carbonyl (C=O) groups is 1. The quantitative estimate of drug-likeness (QED) is 0.512. The lowest BCUT2D eigenvalue weighted by Crippen LogP contribution is -2.18. The first kappa shape index (κ1) is 10.9. The van der Waals surface area contributed by atoms with E-state index in [0.717, 1.165) is 0 Å². The normalized spacial score (nSPS) is 6.78. The van der Waals surface area contributed by atoms with E-state index >= 15 is 0 Å². The average molecular weight is 132 g/mol. The van der Waals surface area contributed by atoms with Gasteiger partial charge in [-0.05, 0) is 0 Å². The largest absolute Gasteiger partial charge is 0.381 e. The molecule has 0 saturated carbocycles. The van der Waals surface area contributed by atoms with E-state index in [0.29, 0.717) is 6.61 Å². The highest BCUT2D eigenvalue weighted by atomic mass is 16.5. The first-order chi connectivity index (χ1) is 4.15. The van der Waals surface area contributed by atoms with Crippen LogP contribution in [0.4, 0.5) is 4.79 Å². The fraction of sp³-hybridized carbons (Fsp3) is 0.400. The third-order valence-electron chi connectivity index (χ3n) is 0.285. The van der Waals surface area contributed by atoms with Crippen LogP contribution in [-0.4, -0.2) is 19.7 Å². The molecule has 4 N–H and O–H groups in total. The monoisotopic (exact) mass is 132 g/mol. The second-order valence-electron chi connectivity index (χ2n) is 1.15. The Hall–Kier alpha value is -1.03. The lowest BCUT2D eigenvalue weighted by molar-refractivity contribution is 0.234. The van der Waals surface area contributed by atoms with Crippen LogP contribution in [0.5, 0.6) is 0 Å². The molecule has 0 rings (SSSR count). The number of hydrogen-bond donors (Lipinski definition) is 2. The van der Waals surface area contributed by atoms with Crippen molar-refractivity contribution in [3.63, 3.8) is 0 Å². The number of carbonyl (C=O) groups excluding carboxylic acids is 1. The third kappa shape index (κ3) is 183. The molecule has 0 radical (unpaired) electrons. The molecule has 4 heteroatoms. The van der Waals surface area contributed by atoms with E-state index in [1.807, 2.05) is 0 Å². The molecule has 0 bridgehead atoms. The summed E-state index contributed by atoms with van der Waals surface area (Å²) in [5.41, 5.74) is 8.50. The van der Waals surface area contributed by atoms with Gasteiger partial charge in [-0.2, -0.15) is 0 Å². The van der Waals surface area contributed by atoms with Crippen molar-refractivity contribution in [3.8, 4) is 0 Å². The molecule has 0 spiro atoms. The summed E-state index contributed by atoms with van der Waals surface area (Å²) in [6.45, 7) is 4.08. The van der Waals surface area contributed by atoms with Crippen molar-refractivity contribution >= 4 is 6.03 Å². The zero-order valence-corrected chi connectivity index (χ0v) is 5.46. The standard InChI is InChI=1S/C4H8O.CH4N2O/c1-3-4-5-2;2-1(3)4/h3H,1,4H2,2H3;(H4,2,3,4). The van der Waals surface area contributed by atoms with Gasteiger partial charge in [-0.25, -0.2) is 4.79 Å². The summed E-state index contributed by atoms with van der Waals surface area (Å²) < 4.78 is 4.57. The predicted molar refractivity (Wildman–Crippen MR) is 35.8 cm³/mol. The second-order valence-corrected chi connectivity index (χ2v) is 1.15. The number of nitrogens with two attached hydrogens (primary N) is 2. The van der Waals surface area contributed by atoms with Crippen molar-refractivity contribution in [3.05, 3.63) is 12.7 Å². The zero-order chi connectivity index (χ0) is 7.70. The summed E-state index contributed by atoms with van der Waals surface area (Å²) in [5.74, 6) is 0. The van der Waals surface area contributed by atoms with Crippen LogP contribution in [-0.2, 0) is 4.74 Å². The maximum absolute atomic E-state index is 9.00. The summed E-state index contributed by atoms with van der Waals surface area (Å²) in [4.78, 5) is 9.00. The van der Waals surface area contributed by atoms with Crippen molar-refractivity contribution in [2.24, 2.45) is 11.5 Å². The molecule has 0 aliphatic carbocycles. The summed E-state index contributed by atoms with van der Waals surface area (Å²) in [6, 6.07) is -0.833. The molecule has 54 valence electrons. The Bertz CT molecular complexity index is 79.0. The summed E-state index contributed by atoms with van der Waals surface area (Å²) in [5, 5.41) is 0. The van der Waals surface area contributed by atoms with Gasteiger partial charge >= 0.3 is 6.03 Å². The Morgan fingerprint density at radius 1 is 1.78 bits per heavy atom. The van der Waals surface area contributed by atoms with Gasteiger partial charge in [0.25, 0.3) is 0 Å². The fourth-order valence-corrected chi connectivity index (χ4v) is 0.118. The molecule has 0 aromatic heterocycles. The van der Waals surface area contributed by atoms with Crippen LogP contribution in [0.2, 0.25) is 0 Å². The van der Waals surface area contributed by atoms with Gasteiger partial charge in [0.15, 0.2) is 0 Å². The molecule has 2 amide bonds. The minimum absolute atomic E-state index is 0.653. The molecule has 0 saturated heterocycles. The molecule has 0 heterocycles. The van der Waals surface area contributed by atoms with Gasteiger partial charge in [-0.3, -0.25) is 0 Å². The predicted octanol–water partition coefficient (Wildman–Crippen LogP) is -0.157. The molecule has 0 unspecified atom stereocenters. The Morgan fingerprint density at radius 2 is 2.11 bits per heavy atom. The van der Waals surface area contributed by atoms with Crippen molar-refractivity contribution in [2.75, 3.05) is 13.7 Å². The Kier molecular flexibility index (Phi) is 12.1. The van der Waals surface area contributed by atoms with E-state index in [9.17, 15) is 0 Å². The lowest BCUT2D eigenvalue weighted by atomic mass is 10.7. The van der Waals surface area contributed by atoms with Crippen LogP contribution < -0.4 is 11.5 Å². The molecule has 0 aromatic carbocycles. The van der Waals surface area contributed by atoms with E-state index in [-0.39, 0.29) is 0 Å². The van der Waals surface area contributed by atoms with Gasteiger partial charge in [-0.15, -0.1) is 6.58 Å². The van der Waals surface area contributed by atoms with Crippen LogP contribution in [0.3, 0.4) is 0 Å². The smallest absolute Gasteiger partial charge is 0.309 e. The molecule has 0 fully saturated rings. The zero-order valence-electron chi connectivity index (χ0n) is 5.46. The number of hydrogen-bond acceptors (Lipinski definition) is 2. The minimum atomic E-state index is -0.833. The fourth-order valence-electron chi connectivity index (χ4n) is 0.118. The van der Waals surface area contributed by atoms with Crippen molar-refractivity contribution < 1.29 is 9.53 Å². The molecular formula is C5H12N2O2. The van der Waals surface area contributed by atoms with E-state index in [4.69, 9.17) is 4.79 Å². The number of rotatable bonds is 2. The lowest BCUT2D eigenvalue weighted by Gasteiger charge is -1.79. The molecule has 4 nitrogen and oxygen atoms in total. The Labute approximate surface area is 54.5 Å². The van der Waals surface area contributed by atoms with E-state index in [2.05, 4.69) is 22.8 Å². The Balaban J connectivity index is 0. The number of ether oxygens (including phenoxy) is 1. The number of methoxy groups -OCH3 is 1.